The molecule has 1 aromatic carbocycles. The van der Waals surface area contributed by atoms with Gasteiger partial charge >= 0.3 is 0 Å². The van der Waals surface area contributed by atoms with Crippen molar-refractivity contribution in [3.05, 3.63) is 53.1 Å². The van der Waals surface area contributed by atoms with Gasteiger partial charge in [-0.2, -0.15) is 0 Å². The highest BCUT2D eigenvalue weighted by Gasteiger charge is 2.15. The Morgan fingerprint density at radius 2 is 1.88 bits per heavy atom. The maximum absolute atomic E-state index is 5.67. The molecule has 4 nitrogen and oxygen atoms in total. The van der Waals surface area contributed by atoms with Gasteiger partial charge in [0.25, 0.3) is 0 Å². The molecular weight excluding hydrogens is 212 g/mol. The highest BCUT2D eigenvalue weighted by molar-refractivity contribution is 5.34. The third-order valence-electron chi connectivity index (χ3n) is 2.89. The number of aryl methyl sites for hydroxylation is 3. The molecule has 0 aliphatic rings. The Bertz CT molecular complexity index is 496. The first kappa shape index (κ1) is 11.8. The maximum Gasteiger partial charge on any atom is 0.0946 e. The van der Waals surface area contributed by atoms with Gasteiger partial charge in [-0.15, -0.1) is 0 Å². The van der Waals surface area contributed by atoms with Crippen LogP contribution in [0.15, 0.2) is 30.7 Å². The van der Waals surface area contributed by atoms with Gasteiger partial charge in [-0.1, -0.05) is 29.3 Å². The Morgan fingerprint density at radius 1 is 1.24 bits per heavy atom. The molecule has 0 amide bonds. The second-order valence-electron chi connectivity index (χ2n) is 4.45. The van der Waals surface area contributed by atoms with Crippen molar-refractivity contribution in [2.24, 2.45) is 12.9 Å². The van der Waals surface area contributed by atoms with Gasteiger partial charge in [-0.25, -0.2) is 10.4 Å². The normalized spacial score (nSPS) is 12.7. The van der Waals surface area contributed by atoms with Crippen LogP contribution in [0.4, 0.5) is 0 Å². The summed E-state index contributed by atoms with van der Waals surface area (Å²) < 4.78 is 1.97. The minimum absolute atomic E-state index is 0.0268. The van der Waals surface area contributed by atoms with Crippen molar-refractivity contribution >= 4 is 0 Å². The third kappa shape index (κ3) is 2.38. The molecule has 0 aliphatic carbocycles. The van der Waals surface area contributed by atoms with E-state index in [4.69, 9.17) is 5.84 Å². The number of nitrogens with zero attached hydrogens (tertiary/aromatic N) is 2. The van der Waals surface area contributed by atoms with E-state index < -0.39 is 0 Å². The van der Waals surface area contributed by atoms with Crippen LogP contribution in [-0.2, 0) is 7.05 Å². The van der Waals surface area contributed by atoms with Gasteiger partial charge in [0.2, 0.25) is 0 Å². The smallest absolute Gasteiger partial charge is 0.0946 e. The standard InChI is InChI=1S/C13H18N4/c1-9-4-10(2)6-11(5-9)13(16-14)12-7-15-8-17(12)3/h4-8,13,16H,14H2,1-3H3. The number of nitrogens with one attached hydrogen (secondary N) is 1. The van der Waals surface area contributed by atoms with E-state index in [1.54, 1.807) is 6.33 Å². The number of hydrogen-bond donors (Lipinski definition) is 2. The zero-order chi connectivity index (χ0) is 12.4. The predicted octanol–water partition coefficient (Wildman–Crippen LogP) is 1.59. The largest absolute Gasteiger partial charge is 0.336 e. The minimum atomic E-state index is -0.0268. The van der Waals surface area contributed by atoms with Crippen LogP contribution in [0.25, 0.3) is 0 Å². The van der Waals surface area contributed by atoms with Crippen LogP contribution < -0.4 is 11.3 Å². The van der Waals surface area contributed by atoms with Crippen molar-refractivity contribution in [1.82, 2.24) is 15.0 Å². The summed E-state index contributed by atoms with van der Waals surface area (Å²) in [6, 6.07) is 6.41. The first-order chi connectivity index (χ1) is 8.11. The fourth-order valence-corrected chi connectivity index (χ4v) is 2.17. The molecule has 0 saturated heterocycles. The number of benzene rings is 1. The summed E-state index contributed by atoms with van der Waals surface area (Å²) in [6.45, 7) is 4.18. The molecule has 0 bridgehead atoms. The molecule has 2 rings (SSSR count). The zero-order valence-electron chi connectivity index (χ0n) is 10.4. The van der Waals surface area contributed by atoms with Crippen LogP contribution in [0.3, 0.4) is 0 Å². The second-order valence-corrected chi connectivity index (χ2v) is 4.45. The average Bonchev–Trinajstić information content (AvgIpc) is 2.65. The summed E-state index contributed by atoms with van der Waals surface area (Å²) in [5.74, 6) is 5.67. The molecule has 2 aromatic rings. The topological polar surface area (TPSA) is 55.9 Å². The van der Waals surface area contributed by atoms with E-state index in [9.17, 15) is 0 Å². The summed E-state index contributed by atoms with van der Waals surface area (Å²) in [7, 11) is 1.97. The van der Waals surface area contributed by atoms with Crippen LogP contribution in [0.1, 0.15) is 28.4 Å². The lowest BCUT2D eigenvalue weighted by Crippen LogP contribution is -2.30. The molecule has 1 unspecified atom stereocenters. The molecule has 90 valence electrons. The Kier molecular flexibility index (Phi) is 3.26. The summed E-state index contributed by atoms with van der Waals surface area (Å²) in [5, 5.41) is 0. The van der Waals surface area contributed by atoms with E-state index in [0.29, 0.717) is 0 Å². The van der Waals surface area contributed by atoms with E-state index in [1.165, 1.54) is 11.1 Å². The fraction of sp³-hybridized carbons (Fsp3) is 0.308. The molecule has 0 saturated carbocycles. The summed E-state index contributed by atoms with van der Waals surface area (Å²) >= 11 is 0. The van der Waals surface area contributed by atoms with E-state index in [-0.39, 0.29) is 6.04 Å². The van der Waals surface area contributed by atoms with Crippen molar-refractivity contribution < 1.29 is 0 Å². The van der Waals surface area contributed by atoms with Crippen LogP contribution in [0.2, 0.25) is 0 Å². The Balaban J connectivity index is 2.45. The Morgan fingerprint density at radius 3 is 2.35 bits per heavy atom. The van der Waals surface area contributed by atoms with Gasteiger partial charge in [-0.3, -0.25) is 5.84 Å². The number of hydrogen-bond acceptors (Lipinski definition) is 3. The van der Waals surface area contributed by atoms with Crippen molar-refractivity contribution in [1.29, 1.82) is 0 Å². The summed E-state index contributed by atoms with van der Waals surface area (Å²) in [6.07, 6.45) is 3.62. The van der Waals surface area contributed by atoms with Crippen LogP contribution >= 0.6 is 0 Å². The second kappa shape index (κ2) is 4.69. The summed E-state index contributed by atoms with van der Waals surface area (Å²) in [4.78, 5) is 4.13. The number of aromatic nitrogens is 2. The quantitative estimate of drug-likeness (QED) is 0.622. The first-order valence-corrected chi connectivity index (χ1v) is 5.62. The van der Waals surface area contributed by atoms with Gasteiger partial charge < -0.3 is 4.57 Å². The van der Waals surface area contributed by atoms with Gasteiger partial charge in [-0.05, 0) is 19.4 Å². The monoisotopic (exact) mass is 230 g/mol. The SMILES string of the molecule is Cc1cc(C)cc(C(NN)c2cncn2C)c1. The first-order valence-electron chi connectivity index (χ1n) is 5.62. The Labute approximate surface area is 101 Å². The molecule has 1 heterocycles. The van der Waals surface area contributed by atoms with Crippen molar-refractivity contribution in [3.8, 4) is 0 Å². The maximum atomic E-state index is 5.67. The number of rotatable bonds is 3. The molecule has 1 atom stereocenters. The number of hydrazine groups is 1. The molecule has 1 aromatic heterocycles. The van der Waals surface area contributed by atoms with Crippen LogP contribution in [0, 0.1) is 13.8 Å². The van der Waals surface area contributed by atoms with Crippen molar-refractivity contribution in [2.45, 2.75) is 19.9 Å². The molecule has 3 N–H and O–H groups in total. The molecule has 0 spiro atoms. The number of nitrogens with two attached hydrogens (primary N) is 1. The molecule has 0 fully saturated rings. The van der Waals surface area contributed by atoms with E-state index >= 15 is 0 Å². The van der Waals surface area contributed by atoms with Gasteiger partial charge in [0.05, 0.1) is 24.3 Å². The van der Waals surface area contributed by atoms with Crippen molar-refractivity contribution in [3.63, 3.8) is 0 Å². The molecule has 0 radical (unpaired) electrons. The van der Waals surface area contributed by atoms with E-state index in [2.05, 4.69) is 42.5 Å². The third-order valence-corrected chi connectivity index (χ3v) is 2.89. The molecule has 17 heavy (non-hydrogen) atoms. The van der Waals surface area contributed by atoms with Gasteiger partial charge in [0.1, 0.15) is 0 Å². The Hall–Kier alpha value is -1.65. The fourth-order valence-electron chi connectivity index (χ4n) is 2.17. The zero-order valence-corrected chi connectivity index (χ0v) is 10.4. The summed E-state index contributed by atoms with van der Waals surface area (Å²) in [5.41, 5.74) is 7.55. The predicted molar refractivity (Wildman–Crippen MR) is 68.3 cm³/mol. The van der Waals surface area contributed by atoms with Crippen molar-refractivity contribution in [2.75, 3.05) is 0 Å². The lowest BCUT2D eigenvalue weighted by atomic mass is 10.00. The lowest BCUT2D eigenvalue weighted by molar-refractivity contribution is 0.596. The highest BCUT2D eigenvalue weighted by atomic mass is 15.2. The molecule has 0 aliphatic heterocycles. The highest BCUT2D eigenvalue weighted by Crippen LogP contribution is 2.22. The van der Waals surface area contributed by atoms with Crippen LogP contribution in [-0.4, -0.2) is 9.55 Å². The lowest BCUT2D eigenvalue weighted by Gasteiger charge is -2.18. The van der Waals surface area contributed by atoms with Gasteiger partial charge in [0.15, 0.2) is 0 Å². The molecule has 4 heteroatoms. The minimum Gasteiger partial charge on any atom is -0.336 e. The van der Waals surface area contributed by atoms with E-state index in [1.807, 2.05) is 17.8 Å². The molecular formula is C13H18N4. The average molecular weight is 230 g/mol. The van der Waals surface area contributed by atoms with Crippen LogP contribution in [0.5, 0.6) is 0 Å². The van der Waals surface area contributed by atoms with Gasteiger partial charge in [0, 0.05) is 7.05 Å². The van der Waals surface area contributed by atoms with E-state index in [0.717, 1.165) is 11.3 Å². The number of imidazole rings is 1.